The standard InChI is InChI=1S/C18H20F3N/c1-12(17(2,3)4)15-9-6-10-16(22-15)13-7-5-8-14(11-13)18(19,20)21/h5-12H,1-4H3/t12-/m0/s1. The first-order chi connectivity index (χ1) is 10.1. The number of benzene rings is 1. The minimum atomic E-state index is -4.34. The number of hydrogen-bond donors (Lipinski definition) is 0. The van der Waals surface area contributed by atoms with E-state index in [4.69, 9.17) is 0 Å². The summed E-state index contributed by atoms with van der Waals surface area (Å²) in [7, 11) is 0. The molecule has 4 heteroatoms. The molecule has 0 fully saturated rings. The molecule has 0 aliphatic heterocycles. The highest BCUT2D eigenvalue weighted by molar-refractivity contribution is 5.60. The van der Waals surface area contributed by atoms with Crippen molar-refractivity contribution in [3.05, 3.63) is 53.7 Å². The van der Waals surface area contributed by atoms with Crippen molar-refractivity contribution in [1.82, 2.24) is 4.98 Å². The Morgan fingerprint density at radius 3 is 2.18 bits per heavy atom. The van der Waals surface area contributed by atoms with Gasteiger partial charge in [-0.1, -0.05) is 45.9 Å². The summed E-state index contributed by atoms with van der Waals surface area (Å²) in [4.78, 5) is 4.57. The Balaban J connectivity index is 2.43. The van der Waals surface area contributed by atoms with E-state index in [1.54, 1.807) is 12.1 Å². The molecule has 22 heavy (non-hydrogen) atoms. The zero-order valence-electron chi connectivity index (χ0n) is 13.2. The predicted molar refractivity (Wildman–Crippen MR) is 82.5 cm³/mol. The Bertz CT molecular complexity index is 654. The van der Waals surface area contributed by atoms with Crippen LogP contribution in [0.15, 0.2) is 42.5 Å². The maximum absolute atomic E-state index is 12.8. The second-order valence-corrected chi connectivity index (χ2v) is 6.61. The van der Waals surface area contributed by atoms with E-state index in [1.807, 2.05) is 12.1 Å². The van der Waals surface area contributed by atoms with Crippen LogP contribution in [0.25, 0.3) is 11.3 Å². The lowest BCUT2D eigenvalue weighted by molar-refractivity contribution is -0.137. The van der Waals surface area contributed by atoms with Gasteiger partial charge in [0.25, 0.3) is 0 Å². The van der Waals surface area contributed by atoms with Crippen LogP contribution in [0, 0.1) is 5.41 Å². The lowest BCUT2D eigenvalue weighted by Gasteiger charge is -2.27. The van der Waals surface area contributed by atoms with Crippen molar-refractivity contribution in [2.75, 3.05) is 0 Å². The average molecular weight is 307 g/mol. The van der Waals surface area contributed by atoms with E-state index in [-0.39, 0.29) is 11.3 Å². The summed E-state index contributed by atoms with van der Waals surface area (Å²) >= 11 is 0. The van der Waals surface area contributed by atoms with Gasteiger partial charge < -0.3 is 0 Å². The number of halogens is 3. The number of pyridine rings is 1. The van der Waals surface area contributed by atoms with Gasteiger partial charge in [0.05, 0.1) is 11.3 Å². The molecule has 0 aliphatic rings. The summed E-state index contributed by atoms with van der Waals surface area (Å²) in [6, 6.07) is 10.8. The van der Waals surface area contributed by atoms with Crippen molar-refractivity contribution in [2.24, 2.45) is 5.41 Å². The van der Waals surface area contributed by atoms with Gasteiger partial charge in [0.2, 0.25) is 0 Å². The molecule has 0 aliphatic carbocycles. The molecular formula is C18H20F3N. The van der Waals surface area contributed by atoms with Crippen LogP contribution in [-0.4, -0.2) is 4.98 Å². The summed E-state index contributed by atoms with van der Waals surface area (Å²) < 4.78 is 38.5. The lowest BCUT2D eigenvalue weighted by Crippen LogP contribution is -2.16. The zero-order valence-corrected chi connectivity index (χ0v) is 13.2. The third kappa shape index (κ3) is 3.67. The van der Waals surface area contributed by atoms with Crippen LogP contribution in [0.2, 0.25) is 0 Å². The molecule has 0 unspecified atom stereocenters. The first-order valence-corrected chi connectivity index (χ1v) is 7.23. The van der Waals surface area contributed by atoms with Crippen LogP contribution in [0.1, 0.15) is 44.9 Å². The minimum absolute atomic E-state index is 0.0411. The highest BCUT2D eigenvalue weighted by Gasteiger charge is 2.30. The molecule has 1 nitrogen and oxygen atoms in total. The predicted octanol–water partition coefficient (Wildman–Crippen LogP) is 5.92. The molecule has 0 radical (unpaired) electrons. The van der Waals surface area contributed by atoms with E-state index in [2.05, 4.69) is 32.7 Å². The number of alkyl halides is 3. The summed E-state index contributed by atoms with van der Waals surface area (Å²) in [5.41, 5.74) is 1.33. The second kappa shape index (κ2) is 5.75. The number of rotatable bonds is 2. The van der Waals surface area contributed by atoms with E-state index in [0.717, 1.165) is 17.8 Å². The van der Waals surface area contributed by atoms with Crippen LogP contribution in [0.5, 0.6) is 0 Å². The molecule has 118 valence electrons. The molecule has 0 saturated heterocycles. The van der Waals surface area contributed by atoms with Gasteiger partial charge in [-0.25, -0.2) is 0 Å². The van der Waals surface area contributed by atoms with Crippen molar-refractivity contribution in [2.45, 2.75) is 39.8 Å². The van der Waals surface area contributed by atoms with Crippen molar-refractivity contribution in [1.29, 1.82) is 0 Å². The van der Waals surface area contributed by atoms with Crippen molar-refractivity contribution in [3.63, 3.8) is 0 Å². The Morgan fingerprint density at radius 1 is 0.955 bits per heavy atom. The van der Waals surface area contributed by atoms with Crippen molar-refractivity contribution in [3.8, 4) is 11.3 Å². The molecule has 0 amide bonds. The maximum Gasteiger partial charge on any atom is 0.416 e. The maximum atomic E-state index is 12.8. The van der Waals surface area contributed by atoms with Gasteiger partial charge in [0, 0.05) is 17.2 Å². The molecule has 1 atom stereocenters. The Kier molecular flexibility index (Phi) is 4.32. The SMILES string of the molecule is C[C@@H](c1cccc(-c2cccc(C(F)(F)F)c2)n1)C(C)(C)C. The molecule has 0 spiro atoms. The molecule has 1 aromatic carbocycles. The van der Waals surface area contributed by atoms with Gasteiger partial charge in [-0.3, -0.25) is 4.98 Å². The van der Waals surface area contributed by atoms with E-state index in [9.17, 15) is 13.2 Å². The Labute approximate surface area is 129 Å². The minimum Gasteiger partial charge on any atom is -0.253 e. The summed E-state index contributed by atoms with van der Waals surface area (Å²) in [6.07, 6.45) is -4.34. The molecule has 1 aromatic heterocycles. The van der Waals surface area contributed by atoms with Gasteiger partial charge >= 0.3 is 6.18 Å². The number of nitrogens with zero attached hydrogens (tertiary/aromatic N) is 1. The van der Waals surface area contributed by atoms with Gasteiger partial charge in [0.1, 0.15) is 0 Å². The number of aromatic nitrogens is 1. The molecule has 2 aromatic rings. The molecular weight excluding hydrogens is 287 g/mol. The first-order valence-electron chi connectivity index (χ1n) is 7.23. The molecule has 1 heterocycles. The van der Waals surface area contributed by atoms with Crippen LogP contribution in [-0.2, 0) is 6.18 Å². The molecule has 0 bridgehead atoms. The fraction of sp³-hybridized carbons (Fsp3) is 0.389. The van der Waals surface area contributed by atoms with Crippen LogP contribution >= 0.6 is 0 Å². The topological polar surface area (TPSA) is 12.9 Å². The highest BCUT2D eigenvalue weighted by atomic mass is 19.4. The fourth-order valence-electron chi connectivity index (χ4n) is 2.15. The van der Waals surface area contributed by atoms with Gasteiger partial charge in [-0.05, 0) is 29.7 Å². The summed E-state index contributed by atoms with van der Waals surface area (Å²) in [5, 5.41) is 0. The molecule has 0 saturated carbocycles. The summed E-state index contributed by atoms with van der Waals surface area (Å²) in [6.45, 7) is 8.45. The van der Waals surface area contributed by atoms with Crippen molar-refractivity contribution >= 4 is 0 Å². The fourth-order valence-corrected chi connectivity index (χ4v) is 2.15. The second-order valence-electron chi connectivity index (χ2n) is 6.61. The van der Waals surface area contributed by atoms with Crippen LogP contribution in [0.4, 0.5) is 13.2 Å². The summed E-state index contributed by atoms with van der Waals surface area (Å²) in [5.74, 6) is 0.207. The third-order valence-electron chi connectivity index (χ3n) is 4.00. The van der Waals surface area contributed by atoms with E-state index >= 15 is 0 Å². The van der Waals surface area contributed by atoms with Gasteiger partial charge in [0.15, 0.2) is 0 Å². The Morgan fingerprint density at radius 2 is 1.59 bits per heavy atom. The van der Waals surface area contributed by atoms with Crippen LogP contribution < -0.4 is 0 Å². The molecule has 2 rings (SSSR count). The Hall–Kier alpha value is -1.84. The lowest BCUT2D eigenvalue weighted by atomic mass is 9.80. The monoisotopic (exact) mass is 307 g/mol. The number of hydrogen-bond acceptors (Lipinski definition) is 1. The van der Waals surface area contributed by atoms with E-state index in [1.165, 1.54) is 6.07 Å². The van der Waals surface area contributed by atoms with Gasteiger partial charge in [-0.2, -0.15) is 13.2 Å². The molecule has 0 N–H and O–H groups in total. The third-order valence-corrected chi connectivity index (χ3v) is 4.00. The first kappa shape index (κ1) is 16.5. The smallest absolute Gasteiger partial charge is 0.253 e. The van der Waals surface area contributed by atoms with Crippen LogP contribution in [0.3, 0.4) is 0 Å². The van der Waals surface area contributed by atoms with Crippen molar-refractivity contribution < 1.29 is 13.2 Å². The highest BCUT2D eigenvalue weighted by Crippen LogP contribution is 2.35. The van der Waals surface area contributed by atoms with E-state index in [0.29, 0.717) is 11.3 Å². The largest absolute Gasteiger partial charge is 0.416 e. The quantitative estimate of drug-likeness (QED) is 0.671. The zero-order chi connectivity index (χ0) is 16.5. The van der Waals surface area contributed by atoms with Gasteiger partial charge in [-0.15, -0.1) is 0 Å². The average Bonchev–Trinajstić information content (AvgIpc) is 2.45. The normalized spacial score (nSPS) is 14.0. The van der Waals surface area contributed by atoms with E-state index < -0.39 is 11.7 Å².